The Kier molecular flexibility index (Phi) is 4.42. The molecular formula is C20H22N4O2. The van der Waals surface area contributed by atoms with E-state index in [9.17, 15) is 9.59 Å². The van der Waals surface area contributed by atoms with Crippen molar-refractivity contribution in [1.82, 2.24) is 20.9 Å². The molecule has 1 aromatic carbocycles. The summed E-state index contributed by atoms with van der Waals surface area (Å²) in [4.78, 5) is 29.2. The van der Waals surface area contributed by atoms with Crippen molar-refractivity contribution in [3.8, 4) is 0 Å². The van der Waals surface area contributed by atoms with Gasteiger partial charge in [-0.15, -0.1) is 0 Å². The number of amides is 2. The van der Waals surface area contributed by atoms with Crippen LogP contribution in [0.1, 0.15) is 32.1 Å². The molecule has 0 spiro atoms. The molecule has 2 heterocycles. The van der Waals surface area contributed by atoms with Crippen molar-refractivity contribution in [3.63, 3.8) is 0 Å². The van der Waals surface area contributed by atoms with Gasteiger partial charge in [-0.2, -0.15) is 0 Å². The van der Waals surface area contributed by atoms with Crippen molar-refractivity contribution >= 4 is 11.8 Å². The van der Waals surface area contributed by atoms with E-state index in [-0.39, 0.29) is 23.6 Å². The Morgan fingerprint density at radius 2 is 1.85 bits per heavy atom. The van der Waals surface area contributed by atoms with Crippen LogP contribution < -0.4 is 16.0 Å². The van der Waals surface area contributed by atoms with Gasteiger partial charge < -0.3 is 16.0 Å². The molecule has 2 aromatic rings. The van der Waals surface area contributed by atoms with Gasteiger partial charge in [0.1, 0.15) is 5.69 Å². The third-order valence-corrected chi connectivity index (χ3v) is 5.22. The fourth-order valence-electron chi connectivity index (χ4n) is 3.73. The summed E-state index contributed by atoms with van der Waals surface area (Å²) in [6.07, 6.45) is 0.574. The van der Waals surface area contributed by atoms with Gasteiger partial charge >= 0.3 is 0 Å². The topological polar surface area (TPSA) is 83.1 Å². The average Bonchev–Trinajstić information content (AvgIpc) is 3.08. The molecule has 6 nitrogen and oxygen atoms in total. The summed E-state index contributed by atoms with van der Waals surface area (Å²) in [5, 5.41) is 9.01. The SMILES string of the molecule is CNC(=O)c1cc(C(=O)NC2C3CNCC32)cc(Cc2ccccc2)n1. The molecule has 2 fully saturated rings. The van der Waals surface area contributed by atoms with Crippen LogP contribution in [-0.2, 0) is 6.42 Å². The van der Waals surface area contributed by atoms with Crippen molar-refractivity contribution in [2.45, 2.75) is 12.5 Å². The Labute approximate surface area is 152 Å². The molecule has 2 aliphatic rings. The minimum atomic E-state index is -0.290. The summed E-state index contributed by atoms with van der Waals surface area (Å²) in [5.74, 6) is 0.665. The molecule has 134 valence electrons. The summed E-state index contributed by atoms with van der Waals surface area (Å²) >= 11 is 0. The van der Waals surface area contributed by atoms with Gasteiger partial charge in [0.05, 0.1) is 0 Å². The van der Waals surface area contributed by atoms with Crippen LogP contribution in [0.25, 0.3) is 0 Å². The minimum Gasteiger partial charge on any atom is -0.354 e. The minimum absolute atomic E-state index is 0.133. The predicted octanol–water partition coefficient (Wildman–Crippen LogP) is 0.980. The molecule has 1 aromatic heterocycles. The lowest BCUT2D eigenvalue weighted by Gasteiger charge is -2.11. The van der Waals surface area contributed by atoms with E-state index in [4.69, 9.17) is 0 Å². The molecule has 4 rings (SSSR count). The molecule has 1 saturated heterocycles. The average molecular weight is 350 g/mol. The number of piperidine rings is 1. The number of rotatable bonds is 5. The van der Waals surface area contributed by atoms with Crippen molar-refractivity contribution in [2.24, 2.45) is 11.8 Å². The van der Waals surface area contributed by atoms with Crippen LogP contribution in [0.5, 0.6) is 0 Å². The van der Waals surface area contributed by atoms with Crippen molar-refractivity contribution in [2.75, 3.05) is 20.1 Å². The number of fused-ring (bicyclic) bond motifs is 1. The molecule has 0 bridgehead atoms. The van der Waals surface area contributed by atoms with Crippen molar-refractivity contribution in [1.29, 1.82) is 0 Å². The Morgan fingerprint density at radius 3 is 2.54 bits per heavy atom. The van der Waals surface area contributed by atoms with E-state index in [0.29, 0.717) is 29.5 Å². The zero-order chi connectivity index (χ0) is 18.1. The first-order valence-electron chi connectivity index (χ1n) is 8.94. The fraction of sp³-hybridized carbons (Fsp3) is 0.350. The van der Waals surface area contributed by atoms with Gasteiger partial charge in [0.25, 0.3) is 11.8 Å². The highest BCUT2D eigenvalue weighted by Crippen LogP contribution is 2.41. The van der Waals surface area contributed by atoms with Gasteiger partial charge in [0.15, 0.2) is 0 Å². The first-order chi connectivity index (χ1) is 12.7. The number of nitrogens with zero attached hydrogens (tertiary/aromatic N) is 1. The third kappa shape index (κ3) is 3.32. The summed E-state index contributed by atoms with van der Waals surface area (Å²) in [6.45, 7) is 1.93. The maximum absolute atomic E-state index is 12.7. The van der Waals surface area contributed by atoms with Crippen molar-refractivity contribution in [3.05, 3.63) is 65.0 Å². The Morgan fingerprint density at radius 1 is 1.12 bits per heavy atom. The lowest BCUT2D eigenvalue weighted by molar-refractivity contribution is 0.0946. The first kappa shape index (κ1) is 16.7. The summed E-state index contributed by atoms with van der Waals surface area (Å²) in [5.41, 5.74) is 2.55. The van der Waals surface area contributed by atoms with E-state index >= 15 is 0 Å². The van der Waals surface area contributed by atoms with E-state index < -0.39 is 0 Å². The largest absolute Gasteiger partial charge is 0.354 e. The second kappa shape index (κ2) is 6.88. The molecule has 1 aliphatic heterocycles. The van der Waals surface area contributed by atoms with Crippen LogP contribution in [0.2, 0.25) is 0 Å². The van der Waals surface area contributed by atoms with Crippen LogP contribution in [0.4, 0.5) is 0 Å². The first-order valence-corrected chi connectivity index (χ1v) is 8.94. The highest BCUT2D eigenvalue weighted by molar-refractivity contribution is 5.98. The molecule has 3 N–H and O–H groups in total. The summed E-state index contributed by atoms with van der Waals surface area (Å²) in [6, 6.07) is 13.5. The number of hydrogen-bond acceptors (Lipinski definition) is 4. The molecule has 2 unspecified atom stereocenters. The van der Waals surface area contributed by atoms with Crippen LogP contribution in [-0.4, -0.2) is 43.0 Å². The normalized spacial score (nSPS) is 23.2. The van der Waals surface area contributed by atoms with Crippen LogP contribution in [0, 0.1) is 11.8 Å². The summed E-state index contributed by atoms with van der Waals surface area (Å²) in [7, 11) is 1.56. The standard InChI is InChI=1S/C20H22N4O2/c1-21-20(26)17-9-13(19(25)24-18-15-10-22-11-16(15)18)8-14(23-17)7-12-5-3-2-4-6-12/h2-6,8-9,15-16,18,22H,7,10-11H2,1H3,(H,21,26)(H,24,25). The van der Waals surface area contributed by atoms with E-state index in [1.807, 2.05) is 30.3 Å². The number of aromatic nitrogens is 1. The van der Waals surface area contributed by atoms with Gasteiger partial charge in [-0.3, -0.25) is 9.59 Å². The third-order valence-electron chi connectivity index (χ3n) is 5.22. The number of nitrogens with one attached hydrogen (secondary N) is 3. The number of carbonyl (C=O) groups excluding carboxylic acids is 2. The highest BCUT2D eigenvalue weighted by atomic mass is 16.2. The summed E-state index contributed by atoms with van der Waals surface area (Å²) < 4.78 is 0. The van der Waals surface area contributed by atoms with E-state index in [0.717, 1.165) is 18.7 Å². The molecule has 6 heteroatoms. The molecule has 0 radical (unpaired) electrons. The van der Waals surface area contributed by atoms with Gasteiger partial charge in [0, 0.05) is 43.9 Å². The van der Waals surface area contributed by atoms with Crippen LogP contribution in [0.15, 0.2) is 42.5 Å². The second-order valence-corrected chi connectivity index (χ2v) is 6.96. The Bertz CT molecular complexity index is 827. The maximum Gasteiger partial charge on any atom is 0.269 e. The lowest BCUT2D eigenvalue weighted by Crippen LogP contribution is -2.33. The van der Waals surface area contributed by atoms with Crippen molar-refractivity contribution < 1.29 is 9.59 Å². The van der Waals surface area contributed by atoms with E-state index in [1.54, 1.807) is 19.2 Å². The Balaban J connectivity index is 1.57. The van der Waals surface area contributed by atoms with Gasteiger partial charge in [-0.05, 0) is 29.5 Å². The zero-order valence-corrected chi connectivity index (χ0v) is 14.7. The predicted molar refractivity (Wildman–Crippen MR) is 98.0 cm³/mol. The molecule has 1 aliphatic carbocycles. The number of hydrogen-bond donors (Lipinski definition) is 3. The van der Waals surface area contributed by atoms with Gasteiger partial charge in [0.2, 0.25) is 0 Å². The molecule has 26 heavy (non-hydrogen) atoms. The van der Waals surface area contributed by atoms with Gasteiger partial charge in [-0.1, -0.05) is 30.3 Å². The monoisotopic (exact) mass is 350 g/mol. The Hall–Kier alpha value is -2.73. The molecule has 2 atom stereocenters. The second-order valence-electron chi connectivity index (χ2n) is 6.96. The molecular weight excluding hydrogens is 328 g/mol. The van der Waals surface area contributed by atoms with Gasteiger partial charge in [-0.25, -0.2) is 4.98 Å². The van der Waals surface area contributed by atoms with E-state index in [2.05, 4.69) is 20.9 Å². The highest BCUT2D eigenvalue weighted by Gasteiger charge is 2.53. The number of carbonyl (C=O) groups is 2. The fourth-order valence-corrected chi connectivity index (χ4v) is 3.73. The zero-order valence-electron chi connectivity index (χ0n) is 14.7. The number of benzene rings is 1. The quantitative estimate of drug-likeness (QED) is 0.751. The van der Waals surface area contributed by atoms with E-state index in [1.165, 1.54) is 0 Å². The number of pyridine rings is 1. The molecule has 1 saturated carbocycles. The maximum atomic E-state index is 12.7. The molecule has 2 amide bonds. The van der Waals surface area contributed by atoms with Crippen LogP contribution >= 0.6 is 0 Å². The van der Waals surface area contributed by atoms with Crippen LogP contribution in [0.3, 0.4) is 0 Å². The smallest absolute Gasteiger partial charge is 0.269 e. The lowest BCUT2D eigenvalue weighted by atomic mass is 10.1.